The lowest BCUT2D eigenvalue weighted by molar-refractivity contribution is -0.0318. The Balaban J connectivity index is 1.69. The molecule has 5 N–H and O–H groups in total. The number of rotatable bonds is 5. The molecule has 8 heteroatoms. The van der Waals surface area contributed by atoms with Crippen LogP contribution in [-0.2, 0) is 4.74 Å². The molecule has 3 heterocycles. The number of aliphatic hydroxyl groups is 2. The summed E-state index contributed by atoms with van der Waals surface area (Å²) in [5.41, 5.74) is 9.04. The van der Waals surface area contributed by atoms with Crippen LogP contribution in [0.3, 0.4) is 0 Å². The van der Waals surface area contributed by atoms with Crippen LogP contribution in [0.25, 0.3) is 22.2 Å². The van der Waals surface area contributed by atoms with Crippen molar-refractivity contribution in [3.8, 4) is 11.1 Å². The molecule has 4 aromatic rings. The van der Waals surface area contributed by atoms with Gasteiger partial charge in [0.05, 0.1) is 5.39 Å². The summed E-state index contributed by atoms with van der Waals surface area (Å²) in [5, 5.41) is 25.1. The fourth-order valence-electron chi connectivity index (χ4n) is 4.02. The molecule has 1 fully saturated rings. The molecular weight excluding hydrogens is 394 g/mol. The monoisotopic (exact) mass is 417 g/mol. The minimum Gasteiger partial charge on any atom is -0.387 e. The van der Waals surface area contributed by atoms with Crippen molar-refractivity contribution >= 4 is 22.5 Å². The summed E-state index contributed by atoms with van der Waals surface area (Å²) in [6, 6.07) is 19.6. The summed E-state index contributed by atoms with van der Waals surface area (Å²) in [4.78, 5) is 8.98. The fraction of sp³-hybridized carbons (Fsp3) is 0.217. The fourth-order valence-corrected chi connectivity index (χ4v) is 4.02. The van der Waals surface area contributed by atoms with Gasteiger partial charge in [-0.05, 0) is 17.7 Å². The van der Waals surface area contributed by atoms with E-state index in [4.69, 9.17) is 10.5 Å². The molecule has 2 aromatic carbocycles. The highest BCUT2D eigenvalue weighted by Crippen LogP contribution is 2.39. The lowest BCUT2D eigenvalue weighted by atomic mass is 10.1. The second-order valence-corrected chi connectivity index (χ2v) is 7.51. The van der Waals surface area contributed by atoms with E-state index >= 15 is 0 Å². The molecule has 4 atom stereocenters. The summed E-state index contributed by atoms with van der Waals surface area (Å²) < 4.78 is 7.64. The first-order valence-electron chi connectivity index (χ1n) is 10.1. The average Bonchev–Trinajstić information content (AvgIpc) is 3.33. The molecule has 1 aliphatic rings. The summed E-state index contributed by atoms with van der Waals surface area (Å²) in [6.45, 7) is 0.106. The van der Waals surface area contributed by atoms with E-state index in [0.717, 1.165) is 22.2 Å². The molecule has 158 valence electrons. The van der Waals surface area contributed by atoms with Gasteiger partial charge in [-0.3, -0.25) is 0 Å². The predicted molar refractivity (Wildman–Crippen MR) is 118 cm³/mol. The third kappa shape index (κ3) is 3.45. The van der Waals surface area contributed by atoms with Gasteiger partial charge in [-0.2, -0.15) is 0 Å². The summed E-state index contributed by atoms with van der Waals surface area (Å²) >= 11 is 0. The molecule has 31 heavy (non-hydrogen) atoms. The van der Waals surface area contributed by atoms with Crippen LogP contribution in [0.4, 0.5) is 11.5 Å². The van der Waals surface area contributed by atoms with Crippen LogP contribution in [0.5, 0.6) is 0 Å². The zero-order chi connectivity index (χ0) is 21.4. The molecule has 0 aliphatic carbocycles. The second-order valence-electron chi connectivity index (χ2n) is 7.51. The Labute approximate surface area is 178 Å². The predicted octanol–water partition coefficient (Wildman–Crippen LogP) is 2.42. The highest BCUT2D eigenvalue weighted by atomic mass is 16.6. The molecule has 1 saturated heterocycles. The average molecular weight is 417 g/mol. The van der Waals surface area contributed by atoms with E-state index in [9.17, 15) is 10.2 Å². The standard InChI is InChI=1S/C23H23N5O3/c24-11-17-19(29)20(30)23(31-17)28-12-16(14-7-3-1-4-8-14)18-21(25-13-26-22(18)28)27-15-9-5-2-6-10-15/h1-10,12-13,17,19-20,23,29-30H,11,24H2,(H,25,26,27)/t17-,19-,20-,23-/m1/s1. The maximum absolute atomic E-state index is 10.6. The first-order chi connectivity index (χ1) is 15.2. The Kier molecular flexibility index (Phi) is 5.13. The number of nitrogens with zero attached hydrogens (tertiary/aromatic N) is 3. The van der Waals surface area contributed by atoms with Crippen LogP contribution in [0, 0.1) is 0 Å². The number of benzene rings is 2. The molecule has 2 aromatic heterocycles. The number of fused-ring (bicyclic) bond motifs is 1. The molecule has 0 amide bonds. The van der Waals surface area contributed by atoms with E-state index in [2.05, 4.69) is 15.3 Å². The third-order valence-electron chi connectivity index (χ3n) is 5.57. The van der Waals surface area contributed by atoms with Crippen LogP contribution in [0.1, 0.15) is 6.23 Å². The van der Waals surface area contributed by atoms with E-state index in [1.165, 1.54) is 6.33 Å². The highest BCUT2D eigenvalue weighted by Gasteiger charge is 2.43. The zero-order valence-electron chi connectivity index (χ0n) is 16.7. The van der Waals surface area contributed by atoms with Gasteiger partial charge in [-0.25, -0.2) is 9.97 Å². The van der Waals surface area contributed by atoms with Crippen LogP contribution < -0.4 is 11.1 Å². The summed E-state index contributed by atoms with van der Waals surface area (Å²) in [5.74, 6) is 0.636. The van der Waals surface area contributed by atoms with Gasteiger partial charge >= 0.3 is 0 Å². The molecule has 0 bridgehead atoms. The molecule has 1 aliphatic heterocycles. The smallest absolute Gasteiger partial charge is 0.164 e. The van der Waals surface area contributed by atoms with Crippen molar-refractivity contribution < 1.29 is 14.9 Å². The van der Waals surface area contributed by atoms with E-state index in [-0.39, 0.29) is 6.54 Å². The van der Waals surface area contributed by atoms with Gasteiger partial charge in [0.2, 0.25) is 0 Å². The maximum Gasteiger partial charge on any atom is 0.164 e. The number of para-hydroxylation sites is 1. The number of aromatic nitrogens is 3. The Morgan fingerprint density at radius 2 is 1.68 bits per heavy atom. The third-order valence-corrected chi connectivity index (χ3v) is 5.57. The number of anilines is 2. The van der Waals surface area contributed by atoms with Crippen molar-refractivity contribution in [2.24, 2.45) is 5.73 Å². The van der Waals surface area contributed by atoms with E-state index < -0.39 is 24.5 Å². The van der Waals surface area contributed by atoms with Crippen molar-refractivity contribution in [1.82, 2.24) is 14.5 Å². The SMILES string of the molecule is NC[C@H]1O[C@@H](n2cc(-c3ccccc3)c3c(Nc4ccccc4)ncnc32)[C@H](O)[C@@H]1O. The van der Waals surface area contributed by atoms with Crippen LogP contribution in [0.2, 0.25) is 0 Å². The maximum atomic E-state index is 10.6. The summed E-state index contributed by atoms with van der Waals surface area (Å²) in [7, 11) is 0. The van der Waals surface area contributed by atoms with Gasteiger partial charge in [0.1, 0.15) is 36.1 Å². The largest absolute Gasteiger partial charge is 0.387 e. The molecule has 0 saturated carbocycles. The first kappa shape index (κ1) is 19.7. The van der Waals surface area contributed by atoms with Crippen LogP contribution in [-0.4, -0.2) is 49.6 Å². The minimum atomic E-state index is -1.13. The Morgan fingerprint density at radius 1 is 0.968 bits per heavy atom. The van der Waals surface area contributed by atoms with Gasteiger partial charge in [-0.1, -0.05) is 48.5 Å². The van der Waals surface area contributed by atoms with E-state index in [1.54, 1.807) is 4.57 Å². The zero-order valence-corrected chi connectivity index (χ0v) is 16.7. The van der Waals surface area contributed by atoms with Crippen molar-refractivity contribution in [3.63, 3.8) is 0 Å². The molecular formula is C23H23N5O3. The first-order valence-corrected chi connectivity index (χ1v) is 10.1. The van der Waals surface area contributed by atoms with Gasteiger partial charge in [-0.15, -0.1) is 0 Å². The van der Waals surface area contributed by atoms with Crippen molar-refractivity contribution in [2.75, 3.05) is 11.9 Å². The highest BCUT2D eigenvalue weighted by molar-refractivity contribution is 6.02. The topological polar surface area (TPSA) is 118 Å². The molecule has 0 spiro atoms. The lowest BCUT2D eigenvalue weighted by Crippen LogP contribution is -2.35. The molecule has 8 nitrogen and oxygen atoms in total. The molecule has 0 radical (unpaired) electrons. The van der Waals surface area contributed by atoms with E-state index in [0.29, 0.717) is 11.5 Å². The lowest BCUT2D eigenvalue weighted by Gasteiger charge is -2.17. The van der Waals surface area contributed by atoms with Gasteiger partial charge in [0, 0.05) is 24.0 Å². The quantitative estimate of drug-likeness (QED) is 0.394. The van der Waals surface area contributed by atoms with Crippen LogP contribution >= 0.6 is 0 Å². The van der Waals surface area contributed by atoms with Crippen molar-refractivity contribution in [1.29, 1.82) is 0 Å². The van der Waals surface area contributed by atoms with Gasteiger partial charge in [0.15, 0.2) is 6.23 Å². The van der Waals surface area contributed by atoms with Gasteiger partial charge < -0.3 is 30.6 Å². The number of hydrogen-bond donors (Lipinski definition) is 4. The second kappa shape index (κ2) is 8.09. The summed E-state index contributed by atoms with van der Waals surface area (Å²) in [6.07, 6.45) is -0.324. The Morgan fingerprint density at radius 3 is 2.35 bits per heavy atom. The number of nitrogens with two attached hydrogens (primary N) is 1. The van der Waals surface area contributed by atoms with Crippen LogP contribution in [0.15, 0.2) is 73.2 Å². The molecule has 0 unspecified atom stereocenters. The normalized spacial score (nSPS) is 23.3. The Bertz CT molecular complexity index is 1180. The number of aliphatic hydroxyl groups excluding tert-OH is 2. The Hall–Kier alpha value is -3.30. The van der Waals surface area contributed by atoms with E-state index in [1.807, 2.05) is 66.9 Å². The number of ether oxygens (including phenoxy) is 1. The van der Waals surface area contributed by atoms with Crippen molar-refractivity contribution in [2.45, 2.75) is 24.5 Å². The number of hydrogen-bond acceptors (Lipinski definition) is 7. The van der Waals surface area contributed by atoms with Crippen molar-refractivity contribution in [3.05, 3.63) is 73.2 Å². The number of nitrogens with one attached hydrogen (secondary N) is 1. The minimum absolute atomic E-state index is 0.106. The molecule has 5 rings (SSSR count). The van der Waals surface area contributed by atoms with Gasteiger partial charge in [0.25, 0.3) is 0 Å².